The Morgan fingerprint density at radius 3 is 2.91 bits per heavy atom. The van der Waals surface area contributed by atoms with Crippen LogP contribution in [0, 0.1) is 5.92 Å². The molecule has 2 aromatic rings. The van der Waals surface area contributed by atoms with E-state index in [1.165, 1.54) is 23.7 Å². The summed E-state index contributed by atoms with van der Waals surface area (Å²) in [7, 11) is 0. The van der Waals surface area contributed by atoms with Gasteiger partial charge in [0, 0.05) is 24.8 Å². The van der Waals surface area contributed by atoms with Gasteiger partial charge in [-0.25, -0.2) is 0 Å². The van der Waals surface area contributed by atoms with Gasteiger partial charge in [-0.15, -0.1) is 0 Å². The van der Waals surface area contributed by atoms with Crippen molar-refractivity contribution in [3.05, 3.63) is 30.5 Å². The van der Waals surface area contributed by atoms with Crippen molar-refractivity contribution in [1.29, 1.82) is 0 Å². The maximum Gasteiger partial charge on any atom is 0.224 e. The highest BCUT2D eigenvalue weighted by atomic mass is 16.1. The summed E-state index contributed by atoms with van der Waals surface area (Å²) >= 11 is 0. The van der Waals surface area contributed by atoms with Gasteiger partial charge in [0.2, 0.25) is 5.91 Å². The second kappa shape index (κ2) is 7.64. The first-order chi connectivity index (χ1) is 11.3. The van der Waals surface area contributed by atoms with Crippen LogP contribution in [0.3, 0.4) is 0 Å². The summed E-state index contributed by atoms with van der Waals surface area (Å²) in [5, 5.41) is 7.66. The molecule has 0 saturated carbocycles. The van der Waals surface area contributed by atoms with Gasteiger partial charge < -0.3 is 15.2 Å². The molecular formula is C19H27N3O. The fraction of sp³-hybridized carbons (Fsp3) is 0.526. The van der Waals surface area contributed by atoms with Crippen LogP contribution in [0.2, 0.25) is 0 Å². The average Bonchev–Trinajstić information content (AvgIpc) is 2.97. The molecule has 23 heavy (non-hydrogen) atoms. The first-order valence-electron chi connectivity index (χ1n) is 8.85. The number of anilines is 1. The van der Waals surface area contributed by atoms with Crippen molar-refractivity contribution in [2.24, 2.45) is 5.92 Å². The number of hydrogen-bond donors (Lipinski definition) is 2. The van der Waals surface area contributed by atoms with E-state index in [9.17, 15) is 4.79 Å². The van der Waals surface area contributed by atoms with Gasteiger partial charge in [0.1, 0.15) is 0 Å². The third-order valence-electron chi connectivity index (χ3n) is 4.76. The maximum absolute atomic E-state index is 12.2. The predicted molar refractivity (Wildman–Crippen MR) is 95.7 cm³/mol. The van der Waals surface area contributed by atoms with E-state index in [-0.39, 0.29) is 5.91 Å². The fourth-order valence-corrected chi connectivity index (χ4v) is 3.43. The highest BCUT2D eigenvalue weighted by Gasteiger charge is 2.14. The van der Waals surface area contributed by atoms with Gasteiger partial charge in [0.05, 0.1) is 5.52 Å². The standard InChI is InChI=1S/C19H27N3O/c1-2-12-22-13-9-16-4-5-17(14-18(16)22)21-19(23)6-3-15-7-10-20-11-8-15/h4-5,9,13-15,20H,2-3,6-8,10-12H2,1H3,(H,21,23). The largest absolute Gasteiger partial charge is 0.347 e. The number of rotatable bonds is 6. The summed E-state index contributed by atoms with van der Waals surface area (Å²) in [6, 6.07) is 8.31. The van der Waals surface area contributed by atoms with E-state index in [1.807, 2.05) is 6.07 Å². The smallest absolute Gasteiger partial charge is 0.224 e. The molecule has 1 fully saturated rings. The lowest BCUT2D eigenvalue weighted by molar-refractivity contribution is -0.116. The Kier molecular flexibility index (Phi) is 5.34. The van der Waals surface area contributed by atoms with Crippen molar-refractivity contribution in [2.75, 3.05) is 18.4 Å². The molecule has 1 amide bonds. The Hall–Kier alpha value is -1.81. The number of carbonyl (C=O) groups excluding carboxylic acids is 1. The first-order valence-corrected chi connectivity index (χ1v) is 8.85. The molecule has 4 nitrogen and oxygen atoms in total. The SMILES string of the molecule is CCCn1ccc2ccc(NC(=O)CCC3CCNCC3)cc21. The van der Waals surface area contributed by atoms with Crippen LogP contribution in [-0.2, 0) is 11.3 Å². The molecule has 0 aliphatic carbocycles. The molecule has 0 bridgehead atoms. The summed E-state index contributed by atoms with van der Waals surface area (Å²) in [4.78, 5) is 12.2. The monoisotopic (exact) mass is 313 g/mol. The Morgan fingerprint density at radius 1 is 1.30 bits per heavy atom. The minimum Gasteiger partial charge on any atom is -0.347 e. The number of nitrogens with zero attached hydrogens (tertiary/aromatic N) is 1. The minimum atomic E-state index is 0.136. The van der Waals surface area contributed by atoms with E-state index in [2.05, 4.69) is 46.5 Å². The topological polar surface area (TPSA) is 46.1 Å². The Bertz CT molecular complexity index is 656. The van der Waals surface area contributed by atoms with Crippen molar-refractivity contribution < 1.29 is 4.79 Å². The van der Waals surface area contributed by atoms with Crippen LogP contribution in [0.1, 0.15) is 39.0 Å². The first kappa shape index (κ1) is 16.1. The zero-order chi connectivity index (χ0) is 16.1. The summed E-state index contributed by atoms with van der Waals surface area (Å²) in [5.74, 6) is 0.836. The lowest BCUT2D eigenvalue weighted by Crippen LogP contribution is -2.28. The van der Waals surface area contributed by atoms with Crippen molar-refractivity contribution in [1.82, 2.24) is 9.88 Å². The van der Waals surface area contributed by atoms with Gasteiger partial charge in [0.25, 0.3) is 0 Å². The molecule has 2 N–H and O–H groups in total. The molecule has 3 rings (SSSR count). The van der Waals surface area contributed by atoms with Crippen LogP contribution < -0.4 is 10.6 Å². The molecule has 1 aliphatic rings. The van der Waals surface area contributed by atoms with Gasteiger partial charge in [-0.2, -0.15) is 0 Å². The highest BCUT2D eigenvalue weighted by molar-refractivity contribution is 5.93. The van der Waals surface area contributed by atoms with Crippen LogP contribution in [-0.4, -0.2) is 23.6 Å². The third kappa shape index (κ3) is 4.14. The summed E-state index contributed by atoms with van der Waals surface area (Å²) < 4.78 is 2.25. The summed E-state index contributed by atoms with van der Waals surface area (Å²) in [6.07, 6.45) is 7.25. The fourth-order valence-electron chi connectivity index (χ4n) is 3.43. The predicted octanol–water partition coefficient (Wildman–Crippen LogP) is 3.77. The maximum atomic E-state index is 12.2. The van der Waals surface area contributed by atoms with Crippen LogP contribution >= 0.6 is 0 Å². The van der Waals surface area contributed by atoms with Gasteiger partial charge in [-0.3, -0.25) is 4.79 Å². The zero-order valence-corrected chi connectivity index (χ0v) is 14.0. The molecule has 1 aromatic carbocycles. The van der Waals surface area contributed by atoms with E-state index in [0.717, 1.165) is 38.2 Å². The van der Waals surface area contributed by atoms with Crippen LogP contribution in [0.15, 0.2) is 30.5 Å². The molecular weight excluding hydrogens is 286 g/mol. The van der Waals surface area contributed by atoms with Gasteiger partial charge in [-0.1, -0.05) is 13.0 Å². The number of carbonyl (C=O) groups is 1. The summed E-state index contributed by atoms with van der Waals surface area (Å²) in [5.41, 5.74) is 2.10. The average molecular weight is 313 g/mol. The quantitative estimate of drug-likeness (QED) is 0.853. The van der Waals surface area contributed by atoms with E-state index >= 15 is 0 Å². The Morgan fingerprint density at radius 2 is 2.13 bits per heavy atom. The number of benzene rings is 1. The van der Waals surface area contributed by atoms with Gasteiger partial charge in [0.15, 0.2) is 0 Å². The molecule has 2 heterocycles. The third-order valence-corrected chi connectivity index (χ3v) is 4.76. The van der Waals surface area contributed by atoms with Gasteiger partial charge in [-0.05, 0) is 68.3 Å². The molecule has 0 radical (unpaired) electrons. The molecule has 0 atom stereocenters. The lowest BCUT2D eigenvalue weighted by Gasteiger charge is -2.22. The van der Waals surface area contributed by atoms with Crippen LogP contribution in [0.4, 0.5) is 5.69 Å². The molecule has 1 aromatic heterocycles. The van der Waals surface area contributed by atoms with E-state index in [4.69, 9.17) is 0 Å². The Labute approximate surface area is 138 Å². The summed E-state index contributed by atoms with van der Waals surface area (Å²) in [6.45, 7) is 5.38. The van der Waals surface area contributed by atoms with E-state index < -0.39 is 0 Å². The molecule has 0 unspecified atom stereocenters. The molecule has 4 heteroatoms. The van der Waals surface area contributed by atoms with Crippen LogP contribution in [0.5, 0.6) is 0 Å². The van der Waals surface area contributed by atoms with E-state index in [1.54, 1.807) is 0 Å². The normalized spacial score (nSPS) is 15.9. The lowest BCUT2D eigenvalue weighted by atomic mass is 9.93. The second-order valence-electron chi connectivity index (χ2n) is 6.56. The zero-order valence-electron chi connectivity index (χ0n) is 14.0. The van der Waals surface area contributed by atoms with Crippen molar-refractivity contribution in [3.8, 4) is 0 Å². The number of piperidine rings is 1. The number of nitrogens with one attached hydrogen (secondary N) is 2. The van der Waals surface area contributed by atoms with Crippen LogP contribution in [0.25, 0.3) is 10.9 Å². The molecule has 0 spiro atoms. The number of fused-ring (bicyclic) bond motifs is 1. The van der Waals surface area contributed by atoms with Crippen molar-refractivity contribution >= 4 is 22.5 Å². The van der Waals surface area contributed by atoms with Crippen molar-refractivity contribution in [3.63, 3.8) is 0 Å². The minimum absolute atomic E-state index is 0.136. The second-order valence-corrected chi connectivity index (χ2v) is 6.56. The highest BCUT2D eigenvalue weighted by Crippen LogP contribution is 2.22. The number of amides is 1. The number of hydrogen-bond acceptors (Lipinski definition) is 2. The number of aromatic nitrogens is 1. The molecule has 124 valence electrons. The molecule has 1 aliphatic heterocycles. The van der Waals surface area contributed by atoms with Crippen molar-refractivity contribution in [2.45, 2.75) is 45.6 Å². The molecule has 1 saturated heterocycles. The Balaban J connectivity index is 1.59. The van der Waals surface area contributed by atoms with E-state index in [0.29, 0.717) is 12.3 Å². The number of aryl methyl sites for hydroxylation is 1. The van der Waals surface area contributed by atoms with Gasteiger partial charge >= 0.3 is 0 Å².